The third kappa shape index (κ3) is 1.88. The van der Waals surface area contributed by atoms with Crippen LogP contribution in [0.5, 0.6) is 0 Å². The van der Waals surface area contributed by atoms with E-state index in [9.17, 15) is 0 Å². The van der Waals surface area contributed by atoms with Crippen molar-refractivity contribution in [2.75, 3.05) is 24.7 Å². The predicted molar refractivity (Wildman–Crippen MR) is 58.4 cm³/mol. The van der Waals surface area contributed by atoms with Crippen LogP contribution in [-0.2, 0) is 0 Å². The highest BCUT2D eigenvalue weighted by Gasteiger charge is 2.08. The SMILES string of the molecule is CN(C)c1nc(N)nc(-c2ccc[nH]2)n1. The van der Waals surface area contributed by atoms with Crippen LogP contribution in [0, 0.1) is 0 Å². The second-order valence-corrected chi connectivity index (χ2v) is 3.30. The lowest BCUT2D eigenvalue weighted by Crippen LogP contribution is -2.15. The standard InChI is InChI=1S/C9H12N6/c1-15(2)9-13-7(12-8(10)14-9)6-4-3-5-11-6/h3-5,11H,1-2H3,(H2,10,12,13,14). The van der Waals surface area contributed by atoms with Gasteiger partial charge in [0.2, 0.25) is 11.9 Å². The van der Waals surface area contributed by atoms with E-state index >= 15 is 0 Å². The summed E-state index contributed by atoms with van der Waals surface area (Å²) in [6, 6.07) is 3.76. The maximum atomic E-state index is 5.60. The van der Waals surface area contributed by atoms with E-state index < -0.39 is 0 Å². The molecule has 2 aromatic rings. The second kappa shape index (κ2) is 3.56. The molecule has 15 heavy (non-hydrogen) atoms. The highest BCUT2D eigenvalue weighted by atomic mass is 15.3. The summed E-state index contributed by atoms with van der Waals surface area (Å²) in [5, 5.41) is 0. The minimum Gasteiger partial charge on any atom is -0.368 e. The van der Waals surface area contributed by atoms with Crippen molar-refractivity contribution in [3.63, 3.8) is 0 Å². The zero-order valence-corrected chi connectivity index (χ0v) is 8.60. The lowest BCUT2D eigenvalue weighted by Gasteiger charge is -2.10. The van der Waals surface area contributed by atoms with Gasteiger partial charge in [0.15, 0.2) is 5.82 Å². The minimum atomic E-state index is 0.221. The molecule has 2 aromatic heterocycles. The molecule has 0 fully saturated rings. The fourth-order valence-electron chi connectivity index (χ4n) is 1.17. The molecule has 2 heterocycles. The van der Waals surface area contributed by atoms with Crippen LogP contribution in [0.3, 0.4) is 0 Å². The third-order valence-electron chi connectivity index (χ3n) is 1.88. The molecular formula is C9H12N6. The van der Waals surface area contributed by atoms with E-state index in [-0.39, 0.29) is 5.95 Å². The van der Waals surface area contributed by atoms with Gasteiger partial charge < -0.3 is 15.6 Å². The van der Waals surface area contributed by atoms with Gasteiger partial charge in [-0.3, -0.25) is 0 Å². The molecule has 0 aromatic carbocycles. The maximum absolute atomic E-state index is 5.60. The molecular weight excluding hydrogens is 192 g/mol. The summed E-state index contributed by atoms with van der Waals surface area (Å²) in [5.41, 5.74) is 6.43. The molecule has 0 aliphatic carbocycles. The topological polar surface area (TPSA) is 83.7 Å². The first kappa shape index (κ1) is 9.45. The van der Waals surface area contributed by atoms with Crippen molar-refractivity contribution < 1.29 is 0 Å². The number of rotatable bonds is 2. The van der Waals surface area contributed by atoms with Gasteiger partial charge in [-0.05, 0) is 12.1 Å². The Hall–Kier alpha value is -2.11. The Labute approximate surface area is 87.2 Å². The van der Waals surface area contributed by atoms with Crippen LogP contribution in [0.15, 0.2) is 18.3 Å². The first-order chi connectivity index (χ1) is 7.16. The summed E-state index contributed by atoms with van der Waals surface area (Å²) >= 11 is 0. The molecule has 0 aliphatic heterocycles. The lowest BCUT2D eigenvalue weighted by molar-refractivity contribution is 0.967. The van der Waals surface area contributed by atoms with E-state index in [1.165, 1.54) is 0 Å². The van der Waals surface area contributed by atoms with Crippen molar-refractivity contribution in [3.05, 3.63) is 18.3 Å². The first-order valence-corrected chi connectivity index (χ1v) is 4.49. The number of nitrogen functional groups attached to an aromatic ring is 1. The number of hydrogen-bond acceptors (Lipinski definition) is 5. The van der Waals surface area contributed by atoms with Gasteiger partial charge in [-0.2, -0.15) is 15.0 Å². The van der Waals surface area contributed by atoms with Crippen LogP contribution in [0.2, 0.25) is 0 Å². The van der Waals surface area contributed by atoms with Crippen molar-refractivity contribution >= 4 is 11.9 Å². The summed E-state index contributed by atoms with van der Waals surface area (Å²) in [7, 11) is 3.71. The first-order valence-electron chi connectivity index (χ1n) is 4.49. The molecule has 0 bridgehead atoms. The lowest BCUT2D eigenvalue weighted by atomic mass is 10.4. The van der Waals surface area contributed by atoms with Crippen molar-refractivity contribution in [2.45, 2.75) is 0 Å². The molecule has 0 saturated heterocycles. The van der Waals surface area contributed by atoms with Gasteiger partial charge in [-0.1, -0.05) is 0 Å². The van der Waals surface area contributed by atoms with Crippen LogP contribution in [0.1, 0.15) is 0 Å². The Balaban J connectivity index is 2.49. The van der Waals surface area contributed by atoms with Gasteiger partial charge in [-0.15, -0.1) is 0 Å². The monoisotopic (exact) mass is 204 g/mol. The summed E-state index contributed by atoms with van der Waals surface area (Å²) in [4.78, 5) is 17.1. The normalized spacial score (nSPS) is 10.3. The minimum absolute atomic E-state index is 0.221. The average Bonchev–Trinajstić information content (AvgIpc) is 2.69. The number of nitrogens with two attached hydrogens (primary N) is 1. The highest BCUT2D eigenvalue weighted by molar-refractivity contribution is 5.53. The average molecular weight is 204 g/mol. The number of nitrogens with one attached hydrogen (secondary N) is 1. The van der Waals surface area contributed by atoms with E-state index in [0.29, 0.717) is 11.8 Å². The number of hydrogen-bond donors (Lipinski definition) is 2. The molecule has 2 rings (SSSR count). The molecule has 6 heteroatoms. The van der Waals surface area contributed by atoms with Gasteiger partial charge in [-0.25, -0.2) is 0 Å². The van der Waals surface area contributed by atoms with E-state index in [1.54, 1.807) is 4.90 Å². The molecule has 0 unspecified atom stereocenters. The van der Waals surface area contributed by atoms with Crippen molar-refractivity contribution in [1.29, 1.82) is 0 Å². The molecule has 0 saturated carbocycles. The molecule has 6 nitrogen and oxygen atoms in total. The molecule has 0 spiro atoms. The van der Waals surface area contributed by atoms with E-state index in [0.717, 1.165) is 5.69 Å². The van der Waals surface area contributed by atoms with Crippen molar-refractivity contribution in [2.24, 2.45) is 0 Å². The zero-order valence-electron chi connectivity index (χ0n) is 8.60. The molecule has 0 radical (unpaired) electrons. The number of H-pyrrole nitrogens is 1. The van der Waals surface area contributed by atoms with Crippen LogP contribution in [-0.4, -0.2) is 34.0 Å². The van der Waals surface area contributed by atoms with Gasteiger partial charge in [0.25, 0.3) is 0 Å². The Morgan fingerprint density at radius 3 is 2.67 bits per heavy atom. The van der Waals surface area contributed by atoms with Crippen molar-refractivity contribution in [1.82, 2.24) is 19.9 Å². The Morgan fingerprint density at radius 2 is 2.07 bits per heavy atom. The Kier molecular flexibility index (Phi) is 2.24. The number of nitrogens with zero attached hydrogens (tertiary/aromatic N) is 4. The fourth-order valence-corrected chi connectivity index (χ4v) is 1.17. The second-order valence-electron chi connectivity index (χ2n) is 3.30. The molecule has 3 N–H and O–H groups in total. The molecule has 0 amide bonds. The molecule has 78 valence electrons. The van der Waals surface area contributed by atoms with Gasteiger partial charge in [0.05, 0.1) is 5.69 Å². The molecule has 0 aliphatic rings. The molecule has 0 atom stereocenters. The van der Waals surface area contributed by atoms with Crippen LogP contribution >= 0.6 is 0 Å². The Morgan fingerprint density at radius 1 is 1.27 bits per heavy atom. The van der Waals surface area contributed by atoms with Gasteiger partial charge in [0.1, 0.15) is 0 Å². The van der Waals surface area contributed by atoms with Crippen LogP contribution in [0.25, 0.3) is 11.5 Å². The van der Waals surface area contributed by atoms with Gasteiger partial charge >= 0.3 is 0 Å². The maximum Gasteiger partial charge on any atom is 0.230 e. The number of aromatic amines is 1. The largest absolute Gasteiger partial charge is 0.368 e. The van der Waals surface area contributed by atoms with E-state index in [4.69, 9.17) is 5.73 Å². The number of anilines is 2. The van der Waals surface area contributed by atoms with Gasteiger partial charge in [0, 0.05) is 20.3 Å². The fraction of sp³-hybridized carbons (Fsp3) is 0.222. The van der Waals surface area contributed by atoms with E-state index in [2.05, 4.69) is 19.9 Å². The summed E-state index contributed by atoms with van der Waals surface area (Å²) < 4.78 is 0. The third-order valence-corrected chi connectivity index (χ3v) is 1.88. The van der Waals surface area contributed by atoms with Crippen molar-refractivity contribution in [3.8, 4) is 11.5 Å². The highest BCUT2D eigenvalue weighted by Crippen LogP contribution is 2.15. The number of aromatic nitrogens is 4. The van der Waals surface area contributed by atoms with Crippen LogP contribution in [0.4, 0.5) is 11.9 Å². The van der Waals surface area contributed by atoms with E-state index in [1.807, 2.05) is 32.4 Å². The summed E-state index contributed by atoms with van der Waals surface area (Å²) in [5.74, 6) is 1.32. The summed E-state index contributed by atoms with van der Waals surface area (Å²) in [6.07, 6.45) is 1.81. The Bertz CT molecular complexity index is 448. The smallest absolute Gasteiger partial charge is 0.230 e. The zero-order chi connectivity index (χ0) is 10.8. The van der Waals surface area contributed by atoms with Crippen LogP contribution < -0.4 is 10.6 Å². The quantitative estimate of drug-likeness (QED) is 0.744. The predicted octanol–water partition coefficient (Wildman–Crippen LogP) is 0.515. The summed E-state index contributed by atoms with van der Waals surface area (Å²) in [6.45, 7) is 0.